The van der Waals surface area contributed by atoms with Crippen molar-refractivity contribution in [3.63, 3.8) is 0 Å². The SMILES string of the molecule is COc1ccc(CNC(=O)[C@@H](N)CCSC)cc1F. The monoisotopic (exact) mass is 286 g/mol. The minimum atomic E-state index is -0.518. The first kappa shape index (κ1) is 15.8. The molecule has 0 heterocycles. The number of hydrogen-bond donors (Lipinski definition) is 2. The Kier molecular flexibility index (Phi) is 6.66. The van der Waals surface area contributed by atoms with E-state index in [1.807, 2.05) is 6.26 Å². The van der Waals surface area contributed by atoms with Gasteiger partial charge in [-0.2, -0.15) is 11.8 Å². The summed E-state index contributed by atoms with van der Waals surface area (Å²) in [7, 11) is 1.41. The molecule has 0 radical (unpaired) electrons. The lowest BCUT2D eigenvalue weighted by Crippen LogP contribution is -2.40. The molecule has 0 saturated heterocycles. The van der Waals surface area contributed by atoms with E-state index < -0.39 is 11.9 Å². The molecule has 1 aromatic carbocycles. The van der Waals surface area contributed by atoms with E-state index in [2.05, 4.69) is 5.32 Å². The van der Waals surface area contributed by atoms with Gasteiger partial charge in [0.25, 0.3) is 0 Å². The largest absolute Gasteiger partial charge is 0.494 e. The summed E-state index contributed by atoms with van der Waals surface area (Å²) in [4.78, 5) is 11.7. The van der Waals surface area contributed by atoms with Crippen LogP contribution in [0, 0.1) is 5.82 Å². The molecule has 0 bridgehead atoms. The average Bonchev–Trinajstić information content (AvgIpc) is 2.42. The Morgan fingerprint density at radius 2 is 2.32 bits per heavy atom. The van der Waals surface area contributed by atoms with E-state index in [0.29, 0.717) is 12.0 Å². The topological polar surface area (TPSA) is 64.3 Å². The van der Waals surface area contributed by atoms with Gasteiger partial charge in [0, 0.05) is 6.54 Å². The minimum Gasteiger partial charge on any atom is -0.494 e. The second-order valence-electron chi connectivity index (χ2n) is 4.07. The lowest BCUT2D eigenvalue weighted by molar-refractivity contribution is -0.122. The maximum Gasteiger partial charge on any atom is 0.237 e. The Hall–Kier alpha value is -1.27. The second kappa shape index (κ2) is 8.01. The fourth-order valence-electron chi connectivity index (χ4n) is 1.52. The molecule has 0 aliphatic rings. The molecule has 1 aromatic rings. The fourth-order valence-corrected chi connectivity index (χ4v) is 2.01. The van der Waals surface area contributed by atoms with Crippen molar-refractivity contribution < 1.29 is 13.9 Å². The molecule has 106 valence electrons. The van der Waals surface area contributed by atoms with Crippen LogP contribution >= 0.6 is 11.8 Å². The van der Waals surface area contributed by atoms with Crippen LogP contribution in [-0.2, 0) is 11.3 Å². The van der Waals surface area contributed by atoms with E-state index in [0.717, 1.165) is 5.75 Å². The van der Waals surface area contributed by atoms with Crippen molar-refractivity contribution in [2.45, 2.75) is 19.0 Å². The summed E-state index contributed by atoms with van der Waals surface area (Å²) in [6.45, 7) is 0.257. The molecule has 6 heteroatoms. The number of carbonyl (C=O) groups is 1. The Balaban J connectivity index is 2.48. The van der Waals surface area contributed by atoms with Crippen LogP contribution in [0.2, 0.25) is 0 Å². The molecule has 3 N–H and O–H groups in total. The number of thioether (sulfide) groups is 1. The summed E-state index contributed by atoms with van der Waals surface area (Å²) in [5.41, 5.74) is 6.39. The van der Waals surface area contributed by atoms with Crippen LogP contribution < -0.4 is 15.8 Å². The molecule has 0 unspecified atom stereocenters. The fraction of sp³-hybridized carbons (Fsp3) is 0.462. The van der Waals surface area contributed by atoms with Crippen molar-refractivity contribution in [1.82, 2.24) is 5.32 Å². The summed E-state index contributed by atoms with van der Waals surface area (Å²) in [5, 5.41) is 2.69. The molecule has 1 amide bonds. The van der Waals surface area contributed by atoms with Crippen molar-refractivity contribution >= 4 is 17.7 Å². The zero-order valence-electron chi connectivity index (χ0n) is 11.1. The van der Waals surface area contributed by atoms with Crippen LogP contribution in [0.3, 0.4) is 0 Å². The second-order valence-corrected chi connectivity index (χ2v) is 5.06. The van der Waals surface area contributed by atoms with Crippen LogP contribution in [0.25, 0.3) is 0 Å². The number of nitrogens with one attached hydrogen (secondary N) is 1. The van der Waals surface area contributed by atoms with Crippen LogP contribution in [0.15, 0.2) is 18.2 Å². The summed E-state index contributed by atoms with van der Waals surface area (Å²) < 4.78 is 18.3. The number of carbonyl (C=O) groups excluding carboxylic acids is 1. The van der Waals surface area contributed by atoms with Crippen molar-refractivity contribution in [1.29, 1.82) is 0 Å². The van der Waals surface area contributed by atoms with E-state index in [9.17, 15) is 9.18 Å². The summed E-state index contributed by atoms with van der Waals surface area (Å²) in [6, 6.07) is 4.06. The van der Waals surface area contributed by atoms with Crippen molar-refractivity contribution in [2.75, 3.05) is 19.1 Å². The highest BCUT2D eigenvalue weighted by Gasteiger charge is 2.12. The van der Waals surface area contributed by atoms with E-state index >= 15 is 0 Å². The lowest BCUT2D eigenvalue weighted by atomic mass is 10.2. The molecule has 19 heavy (non-hydrogen) atoms. The zero-order valence-corrected chi connectivity index (χ0v) is 11.9. The van der Waals surface area contributed by atoms with Gasteiger partial charge in [0.05, 0.1) is 13.2 Å². The number of hydrogen-bond acceptors (Lipinski definition) is 4. The highest BCUT2D eigenvalue weighted by atomic mass is 32.2. The van der Waals surface area contributed by atoms with Gasteiger partial charge in [0.15, 0.2) is 11.6 Å². The van der Waals surface area contributed by atoms with E-state index in [4.69, 9.17) is 10.5 Å². The van der Waals surface area contributed by atoms with Gasteiger partial charge in [0.1, 0.15) is 0 Å². The molecule has 0 spiro atoms. The number of ether oxygens (including phenoxy) is 1. The molecule has 0 aliphatic heterocycles. The van der Waals surface area contributed by atoms with E-state index in [1.165, 1.54) is 19.2 Å². The Bertz CT molecular complexity index is 429. The van der Waals surface area contributed by atoms with Gasteiger partial charge >= 0.3 is 0 Å². The van der Waals surface area contributed by atoms with Gasteiger partial charge in [-0.15, -0.1) is 0 Å². The smallest absolute Gasteiger partial charge is 0.237 e. The average molecular weight is 286 g/mol. The van der Waals surface area contributed by atoms with Crippen molar-refractivity contribution in [2.24, 2.45) is 5.73 Å². The molecule has 1 rings (SSSR count). The van der Waals surface area contributed by atoms with Crippen molar-refractivity contribution in [3.05, 3.63) is 29.6 Å². The van der Waals surface area contributed by atoms with E-state index in [1.54, 1.807) is 17.8 Å². The maximum absolute atomic E-state index is 13.4. The van der Waals surface area contributed by atoms with Crippen LogP contribution in [0.1, 0.15) is 12.0 Å². The Labute approximate surface area is 116 Å². The molecule has 0 saturated carbocycles. The summed E-state index contributed by atoms with van der Waals surface area (Å²) in [6.07, 6.45) is 2.59. The highest BCUT2D eigenvalue weighted by Crippen LogP contribution is 2.17. The molecular weight excluding hydrogens is 267 g/mol. The predicted molar refractivity (Wildman–Crippen MR) is 75.8 cm³/mol. The van der Waals surface area contributed by atoms with Gasteiger partial charge in [-0.1, -0.05) is 6.07 Å². The standard InChI is InChI=1S/C13H19FN2O2S/c1-18-12-4-3-9(7-10(12)14)8-16-13(17)11(15)5-6-19-2/h3-4,7,11H,5-6,8,15H2,1-2H3,(H,16,17)/t11-/m0/s1. The van der Waals surface area contributed by atoms with Gasteiger partial charge < -0.3 is 15.8 Å². The molecule has 1 atom stereocenters. The van der Waals surface area contributed by atoms with Gasteiger partial charge in [0.2, 0.25) is 5.91 Å². The summed E-state index contributed by atoms with van der Waals surface area (Å²) >= 11 is 1.64. The van der Waals surface area contributed by atoms with E-state index in [-0.39, 0.29) is 18.2 Å². The molecular formula is C13H19FN2O2S. The molecule has 0 aromatic heterocycles. The third-order valence-corrected chi connectivity index (χ3v) is 3.30. The Morgan fingerprint density at radius 3 is 2.89 bits per heavy atom. The first-order valence-corrected chi connectivity index (χ1v) is 7.32. The lowest BCUT2D eigenvalue weighted by Gasteiger charge is -2.12. The number of benzene rings is 1. The zero-order chi connectivity index (χ0) is 14.3. The summed E-state index contributed by atoms with van der Waals surface area (Å²) in [5.74, 6) is 0.365. The van der Waals surface area contributed by atoms with Gasteiger partial charge in [-0.25, -0.2) is 4.39 Å². The predicted octanol–water partition coefficient (Wildman–Crippen LogP) is 1.53. The Morgan fingerprint density at radius 1 is 1.58 bits per heavy atom. The number of methoxy groups -OCH3 is 1. The number of amides is 1. The third kappa shape index (κ3) is 5.08. The van der Waals surface area contributed by atoms with Crippen LogP contribution in [-0.4, -0.2) is 31.1 Å². The van der Waals surface area contributed by atoms with Crippen LogP contribution in [0.4, 0.5) is 4.39 Å². The normalized spacial score (nSPS) is 12.0. The molecule has 0 fully saturated rings. The van der Waals surface area contributed by atoms with Gasteiger partial charge in [-0.05, 0) is 36.1 Å². The first-order chi connectivity index (χ1) is 9.08. The number of halogens is 1. The minimum absolute atomic E-state index is 0.187. The quantitative estimate of drug-likeness (QED) is 0.798. The maximum atomic E-state index is 13.4. The first-order valence-electron chi connectivity index (χ1n) is 5.93. The van der Waals surface area contributed by atoms with Crippen LogP contribution in [0.5, 0.6) is 5.75 Å². The molecule has 0 aliphatic carbocycles. The van der Waals surface area contributed by atoms with Crippen molar-refractivity contribution in [3.8, 4) is 5.75 Å². The highest BCUT2D eigenvalue weighted by molar-refractivity contribution is 7.98. The number of rotatable bonds is 7. The number of nitrogens with two attached hydrogens (primary N) is 1. The van der Waals surface area contributed by atoms with Gasteiger partial charge in [-0.3, -0.25) is 4.79 Å². The molecule has 4 nitrogen and oxygen atoms in total. The third-order valence-electron chi connectivity index (χ3n) is 2.65.